The van der Waals surface area contributed by atoms with E-state index in [1.165, 1.54) is 25.7 Å². The molecule has 102 valence electrons. The van der Waals surface area contributed by atoms with Crippen LogP contribution in [0.3, 0.4) is 0 Å². The number of nitrogens with zero attached hydrogens (tertiary/aromatic N) is 1. The van der Waals surface area contributed by atoms with Crippen LogP contribution in [0.5, 0.6) is 0 Å². The van der Waals surface area contributed by atoms with E-state index in [0.717, 1.165) is 26.1 Å². The number of methoxy groups -OCH3 is 1. The van der Waals surface area contributed by atoms with E-state index in [-0.39, 0.29) is 6.10 Å². The molecule has 0 aromatic rings. The normalized spacial score (nSPS) is 25.1. The van der Waals surface area contributed by atoms with Crippen LogP contribution in [0.1, 0.15) is 46.0 Å². The maximum Gasteiger partial charge on any atom is 0.0589 e. The topological polar surface area (TPSA) is 32.7 Å². The third-order valence-electron chi connectivity index (χ3n) is 4.13. The number of ether oxygens (including phenoxy) is 1. The van der Waals surface area contributed by atoms with Crippen molar-refractivity contribution >= 4 is 0 Å². The molecular formula is C14H29NO2. The van der Waals surface area contributed by atoms with Crippen molar-refractivity contribution in [2.45, 2.75) is 58.1 Å². The number of hydrogen-bond donors (Lipinski definition) is 1. The Labute approximate surface area is 106 Å². The molecular weight excluding hydrogens is 214 g/mol. The number of rotatable bonds is 8. The minimum absolute atomic E-state index is 0.0746. The molecule has 0 bridgehead atoms. The van der Waals surface area contributed by atoms with Crippen molar-refractivity contribution in [2.24, 2.45) is 5.92 Å². The summed E-state index contributed by atoms with van der Waals surface area (Å²) < 4.78 is 5.20. The molecule has 1 rings (SSSR count). The standard InChI is InChI=1S/C14H29NO2/c1-4-13(5-2)15(9-10-17-3)11-12-7-6-8-14(12)16/h12-14,16H,4-11H2,1-3H3. The van der Waals surface area contributed by atoms with Gasteiger partial charge in [-0.2, -0.15) is 0 Å². The highest BCUT2D eigenvalue weighted by molar-refractivity contribution is 4.81. The summed E-state index contributed by atoms with van der Waals surface area (Å²) in [6.45, 7) is 7.32. The van der Waals surface area contributed by atoms with Gasteiger partial charge in [0, 0.05) is 26.2 Å². The van der Waals surface area contributed by atoms with Gasteiger partial charge in [0.1, 0.15) is 0 Å². The van der Waals surface area contributed by atoms with Crippen LogP contribution in [0.25, 0.3) is 0 Å². The summed E-state index contributed by atoms with van der Waals surface area (Å²) in [5.41, 5.74) is 0. The first kappa shape index (κ1) is 14.9. The highest BCUT2D eigenvalue weighted by atomic mass is 16.5. The van der Waals surface area contributed by atoms with E-state index in [2.05, 4.69) is 18.7 Å². The van der Waals surface area contributed by atoms with Crippen molar-refractivity contribution in [2.75, 3.05) is 26.8 Å². The Morgan fingerprint density at radius 2 is 2.00 bits per heavy atom. The Bertz CT molecular complexity index is 195. The lowest BCUT2D eigenvalue weighted by atomic mass is 10.0. The number of hydrogen-bond acceptors (Lipinski definition) is 3. The summed E-state index contributed by atoms with van der Waals surface area (Å²) in [4.78, 5) is 2.52. The van der Waals surface area contributed by atoms with E-state index in [1.54, 1.807) is 7.11 Å². The summed E-state index contributed by atoms with van der Waals surface area (Å²) in [6.07, 6.45) is 5.66. The zero-order chi connectivity index (χ0) is 12.7. The summed E-state index contributed by atoms with van der Waals surface area (Å²) >= 11 is 0. The molecule has 1 N–H and O–H groups in total. The molecule has 0 spiro atoms. The van der Waals surface area contributed by atoms with Crippen LogP contribution in [-0.4, -0.2) is 49.0 Å². The van der Waals surface area contributed by atoms with Crippen LogP contribution in [-0.2, 0) is 4.74 Å². The Hall–Kier alpha value is -0.120. The Balaban J connectivity index is 2.49. The van der Waals surface area contributed by atoms with Crippen molar-refractivity contribution in [3.8, 4) is 0 Å². The molecule has 2 atom stereocenters. The lowest BCUT2D eigenvalue weighted by Gasteiger charge is -2.33. The van der Waals surface area contributed by atoms with Crippen molar-refractivity contribution in [1.82, 2.24) is 4.90 Å². The third-order valence-corrected chi connectivity index (χ3v) is 4.13. The molecule has 0 amide bonds. The Kier molecular flexibility index (Phi) is 7.09. The highest BCUT2D eigenvalue weighted by Gasteiger charge is 2.28. The van der Waals surface area contributed by atoms with E-state index < -0.39 is 0 Å². The van der Waals surface area contributed by atoms with Crippen LogP contribution in [0.4, 0.5) is 0 Å². The second-order valence-electron chi connectivity index (χ2n) is 5.22. The quantitative estimate of drug-likeness (QED) is 0.710. The first-order valence-corrected chi connectivity index (χ1v) is 7.13. The van der Waals surface area contributed by atoms with Gasteiger partial charge in [-0.3, -0.25) is 4.90 Å². The van der Waals surface area contributed by atoms with Crippen molar-refractivity contribution in [3.05, 3.63) is 0 Å². The molecule has 2 unspecified atom stereocenters. The lowest BCUT2D eigenvalue weighted by molar-refractivity contribution is 0.0639. The molecule has 3 nitrogen and oxygen atoms in total. The summed E-state index contributed by atoms with van der Waals surface area (Å²) in [7, 11) is 1.76. The summed E-state index contributed by atoms with van der Waals surface area (Å²) in [5.74, 6) is 0.479. The van der Waals surface area contributed by atoms with Gasteiger partial charge in [-0.1, -0.05) is 20.3 Å². The Morgan fingerprint density at radius 3 is 2.47 bits per heavy atom. The first-order chi connectivity index (χ1) is 8.22. The molecule has 17 heavy (non-hydrogen) atoms. The largest absolute Gasteiger partial charge is 0.393 e. The minimum Gasteiger partial charge on any atom is -0.393 e. The van der Waals surface area contributed by atoms with Crippen molar-refractivity contribution < 1.29 is 9.84 Å². The molecule has 0 aliphatic heterocycles. The van der Waals surface area contributed by atoms with Crippen LogP contribution in [0, 0.1) is 5.92 Å². The third kappa shape index (κ3) is 4.57. The van der Waals surface area contributed by atoms with Gasteiger partial charge in [-0.05, 0) is 31.6 Å². The maximum atomic E-state index is 9.93. The average Bonchev–Trinajstić information content (AvgIpc) is 2.73. The van der Waals surface area contributed by atoms with Gasteiger partial charge in [-0.25, -0.2) is 0 Å². The van der Waals surface area contributed by atoms with Gasteiger partial charge >= 0.3 is 0 Å². The molecule has 1 saturated carbocycles. The van der Waals surface area contributed by atoms with E-state index in [1.807, 2.05) is 0 Å². The van der Waals surface area contributed by atoms with Crippen LogP contribution in [0.15, 0.2) is 0 Å². The predicted molar refractivity (Wildman–Crippen MR) is 71.2 cm³/mol. The fourth-order valence-electron chi connectivity index (χ4n) is 2.97. The van der Waals surface area contributed by atoms with E-state index >= 15 is 0 Å². The predicted octanol–water partition coefficient (Wildman–Crippen LogP) is 2.28. The van der Waals surface area contributed by atoms with Crippen molar-refractivity contribution in [1.29, 1.82) is 0 Å². The molecule has 0 saturated heterocycles. The Morgan fingerprint density at radius 1 is 1.29 bits per heavy atom. The van der Waals surface area contributed by atoms with Crippen molar-refractivity contribution in [3.63, 3.8) is 0 Å². The average molecular weight is 243 g/mol. The van der Waals surface area contributed by atoms with Crippen LogP contribution < -0.4 is 0 Å². The van der Waals surface area contributed by atoms with Crippen LogP contribution in [0.2, 0.25) is 0 Å². The highest BCUT2D eigenvalue weighted by Crippen LogP contribution is 2.27. The van der Waals surface area contributed by atoms with Gasteiger partial charge in [0.15, 0.2) is 0 Å². The minimum atomic E-state index is -0.0746. The maximum absolute atomic E-state index is 9.93. The van der Waals surface area contributed by atoms with Gasteiger partial charge < -0.3 is 9.84 Å². The van der Waals surface area contributed by atoms with Gasteiger partial charge in [0.05, 0.1) is 12.7 Å². The second-order valence-corrected chi connectivity index (χ2v) is 5.22. The number of aliphatic hydroxyl groups is 1. The summed E-state index contributed by atoms with van der Waals surface area (Å²) in [5, 5.41) is 9.93. The van der Waals surface area contributed by atoms with Gasteiger partial charge in [0.2, 0.25) is 0 Å². The molecule has 1 aliphatic rings. The lowest BCUT2D eigenvalue weighted by Crippen LogP contribution is -2.41. The molecule has 1 fully saturated rings. The molecule has 3 heteroatoms. The fourth-order valence-corrected chi connectivity index (χ4v) is 2.97. The molecule has 0 radical (unpaired) electrons. The summed E-state index contributed by atoms with van der Waals surface area (Å²) in [6, 6.07) is 0.637. The first-order valence-electron chi connectivity index (χ1n) is 7.13. The zero-order valence-electron chi connectivity index (χ0n) is 11.7. The second kappa shape index (κ2) is 8.06. The monoisotopic (exact) mass is 243 g/mol. The SMILES string of the molecule is CCC(CC)N(CCOC)CC1CCCC1O. The smallest absolute Gasteiger partial charge is 0.0589 e. The fraction of sp³-hybridized carbons (Fsp3) is 1.00. The molecule has 0 aromatic heterocycles. The zero-order valence-corrected chi connectivity index (χ0v) is 11.7. The van der Waals surface area contributed by atoms with E-state index in [4.69, 9.17) is 4.74 Å². The molecule has 1 aliphatic carbocycles. The molecule has 0 aromatic carbocycles. The van der Waals surface area contributed by atoms with Gasteiger partial charge in [0.25, 0.3) is 0 Å². The van der Waals surface area contributed by atoms with Gasteiger partial charge in [-0.15, -0.1) is 0 Å². The number of aliphatic hydroxyl groups excluding tert-OH is 1. The van der Waals surface area contributed by atoms with E-state index in [0.29, 0.717) is 12.0 Å². The van der Waals surface area contributed by atoms with E-state index in [9.17, 15) is 5.11 Å². The molecule has 0 heterocycles. The van der Waals surface area contributed by atoms with Crippen LogP contribution >= 0.6 is 0 Å².